The van der Waals surface area contributed by atoms with Crippen molar-refractivity contribution in [3.63, 3.8) is 0 Å². The Morgan fingerprint density at radius 2 is 2.25 bits per heavy atom. The molecule has 0 saturated heterocycles. The van der Waals surface area contributed by atoms with E-state index in [1.165, 1.54) is 17.7 Å². The van der Waals surface area contributed by atoms with E-state index >= 15 is 0 Å². The molecule has 1 rings (SSSR count). The lowest BCUT2D eigenvalue weighted by Crippen LogP contribution is -2.10. The predicted octanol–water partition coefficient (Wildman–Crippen LogP) is 3.74. The molecule has 0 heterocycles. The SMILES string of the molecule is CSCCCC(CO)Cc1cccc(Br)c1. The fourth-order valence-electron chi connectivity index (χ4n) is 1.77. The van der Waals surface area contributed by atoms with Gasteiger partial charge in [0.15, 0.2) is 0 Å². The fourth-order valence-corrected chi connectivity index (χ4v) is 2.67. The molecule has 0 fully saturated rings. The average molecular weight is 303 g/mol. The molecule has 0 saturated carbocycles. The first-order valence-corrected chi connectivity index (χ1v) is 7.79. The van der Waals surface area contributed by atoms with Crippen LogP contribution in [-0.4, -0.2) is 23.7 Å². The molecule has 90 valence electrons. The summed E-state index contributed by atoms with van der Waals surface area (Å²) in [6.45, 7) is 0.293. The lowest BCUT2D eigenvalue weighted by atomic mass is 9.96. The lowest BCUT2D eigenvalue weighted by Gasteiger charge is -2.13. The summed E-state index contributed by atoms with van der Waals surface area (Å²) in [7, 11) is 0. The summed E-state index contributed by atoms with van der Waals surface area (Å²) >= 11 is 5.35. The van der Waals surface area contributed by atoms with Crippen molar-refractivity contribution in [2.24, 2.45) is 5.92 Å². The Hall–Kier alpha value is 0.01000. The van der Waals surface area contributed by atoms with E-state index in [1.807, 2.05) is 17.8 Å². The van der Waals surface area contributed by atoms with Crippen LogP contribution in [0.15, 0.2) is 28.7 Å². The normalized spacial score (nSPS) is 12.7. The van der Waals surface area contributed by atoms with E-state index in [-0.39, 0.29) is 0 Å². The van der Waals surface area contributed by atoms with Crippen molar-refractivity contribution in [3.8, 4) is 0 Å². The molecule has 1 aromatic carbocycles. The number of hydrogen-bond acceptors (Lipinski definition) is 2. The predicted molar refractivity (Wildman–Crippen MR) is 76.0 cm³/mol. The first-order valence-electron chi connectivity index (χ1n) is 5.60. The fraction of sp³-hybridized carbons (Fsp3) is 0.538. The highest BCUT2D eigenvalue weighted by molar-refractivity contribution is 9.10. The lowest BCUT2D eigenvalue weighted by molar-refractivity contribution is 0.217. The average Bonchev–Trinajstić information content (AvgIpc) is 2.28. The zero-order valence-electron chi connectivity index (χ0n) is 9.66. The molecular weight excluding hydrogens is 284 g/mol. The van der Waals surface area contributed by atoms with Crippen molar-refractivity contribution in [1.82, 2.24) is 0 Å². The van der Waals surface area contributed by atoms with E-state index in [1.54, 1.807) is 0 Å². The van der Waals surface area contributed by atoms with Crippen molar-refractivity contribution in [2.45, 2.75) is 19.3 Å². The quantitative estimate of drug-likeness (QED) is 0.774. The minimum Gasteiger partial charge on any atom is -0.396 e. The second-order valence-electron chi connectivity index (χ2n) is 4.02. The molecule has 1 aromatic rings. The van der Waals surface area contributed by atoms with Crippen LogP contribution in [0.5, 0.6) is 0 Å². The van der Waals surface area contributed by atoms with Gasteiger partial charge in [0.2, 0.25) is 0 Å². The van der Waals surface area contributed by atoms with Crippen LogP contribution >= 0.6 is 27.7 Å². The van der Waals surface area contributed by atoms with E-state index < -0.39 is 0 Å². The molecule has 1 unspecified atom stereocenters. The van der Waals surface area contributed by atoms with Crippen molar-refractivity contribution in [1.29, 1.82) is 0 Å². The van der Waals surface area contributed by atoms with Gasteiger partial charge in [0.05, 0.1) is 0 Å². The van der Waals surface area contributed by atoms with E-state index in [4.69, 9.17) is 0 Å². The van der Waals surface area contributed by atoms with Gasteiger partial charge in [0.25, 0.3) is 0 Å². The molecule has 0 aliphatic rings. The van der Waals surface area contributed by atoms with Crippen molar-refractivity contribution in [2.75, 3.05) is 18.6 Å². The van der Waals surface area contributed by atoms with Gasteiger partial charge in [0, 0.05) is 11.1 Å². The molecule has 0 aromatic heterocycles. The molecule has 0 aliphatic heterocycles. The third-order valence-electron chi connectivity index (χ3n) is 2.63. The summed E-state index contributed by atoms with van der Waals surface area (Å²) in [5.74, 6) is 1.59. The summed E-state index contributed by atoms with van der Waals surface area (Å²) < 4.78 is 1.12. The van der Waals surface area contributed by atoms with Crippen molar-refractivity contribution < 1.29 is 5.11 Å². The molecule has 3 heteroatoms. The molecule has 1 nitrogen and oxygen atoms in total. The first-order chi connectivity index (χ1) is 7.76. The van der Waals surface area contributed by atoms with Gasteiger partial charge in [-0.3, -0.25) is 0 Å². The molecule has 0 bridgehead atoms. The van der Waals surface area contributed by atoms with Gasteiger partial charge in [-0.2, -0.15) is 11.8 Å². The Balaban J connectivity index is 2.43. The molecule has 0 spiro atoms. The number of aliphatic hydroxyl groups is 1. The van der Waals surface area contributed by atoms with Crippen molar-refractivity contribution >= 4 is 27.7 Å². The van der Waals surface area contributed by atoms with Gasteiger partial charge in [-0.25, -0.2) is 0 Å². The zero-order chi connectivity index (χ0) is 11.8. The third-order valence-corrected chi connectivity index (χ3v) is 3.82. The molecule has 0 aliphatic carbocycles. The Morgan fingerprint density at radius 3 is 2.88 bits per heavy atom. The maximum absolute atomic E-state index is 9.34. The number of hydrogen-bond donors (Lipinski definition) is 1. The second kappa shape index (κ2) is 8.15. The number of thioether (sulfide) groups is 1. The van der Waals surface area contributed by atoms with E-state index in [9.17, 15) is 5.11 Å². The van der Waals surface area contributed by atoms with E-state index in [0.717, 1.165) is 17.3 Å². The van der Waals surface area contributed by atoms with Crippen LogP contribution in [0, 0.1) is 5.92 Å². The zero-order valence-corrected chi connectivity index (χ0v) is 12.1. The van der Waals surface area contributed by atoms with Gasteiger partial charge in [-0.15, -0.1) is 0 Å². The van der Waals surface area contributed by atoms with Crippen LogP contribution in [0.2, 0.25) is 0 Å². The number of aliphatic hydroxyl groups excluding tert-OH is 1. The first kappa shape index (κ1) is 14.1. The van der Waals surface area contributed by atoms with Crippen LogP contribution in [0.25, 0.3) is 0 Å². The minimum atomic E-state index is 0.293. The van der Waals surface area contributed by atoms with Crippen LogP contribution in [0.1, 0.15) is 18.4 Å². The molecular formula is C13H19BrOS. The van der Waals surface area contributed by atoms with Crippen molar-refractivity contribution in [3.05, 3.63) is 34.3 Å². The van der Waals surface area contributed by atoms with Crippen LogP contribution < -0.4 is 0 Å². The summed E-state index contributed by atoms with van der Waals surface area (Å²) in [6, 6.07) is 8.35. The van der Waals surface area contributed by atoms with E-state index in [0.29, 0.717) is 12.5 Å². The molecule has 1 atom stereocenters. The summed E-state index contributed by atoms with van der Waals surface area (Å²) in [5, 5.41) is 9.34. The summed E-state index contributed by atoms with van der Waals surface area (Å²) in [4.78, 5) is 0. The Bertz CT molecular complexity index is 304. The Morgan fingerprint density at radius 1 is 1.44 bits per heavy atom. The number of benzene rings is 1. The minimum absolute atomic E-state index is 0.293. The van der Waals surface area contributed by atoms with Gasteiger partial charge in [-0.05, 0) is 54.9 Å². The van der Waals surface area contributed by atoms with Crippen LogP contribution in [0.3, 0.4) is 0 Å². The Labute approximate surface area is 111 Å². The molecule has 1 N–H and O–H groups in total. The van der Waals surface area contributed by atoms with Gasteiger partial charge < -0.3 is 5.11 Å². The molecule has 0 radical (unpaired) electrons. The van der Waals surface area contributed by atoms with Gasteiger partial charge in [0.1, 0.15) is 0 Å². The largest absolute Gasteiger partial charge is 0.396 e. The summed E-state index contributed by atoms with van der Waals surface area (Å²) in [5.41, 5.74) is 1.30. The number of rotatable bonds is 7. The topological polar surface area (TPSA) is 20.2 Å². The highest BCUT2D eigenvalue weighted by Gasteiger charge is 2.08. The maximum Gasteiger partial charge on any atom is 0.0462 e. The maximum atomic E-state index is 9.34. The molecule has 16 heavy (non-hydrogen) atoms. The Kier molecular flexibility index (Phi) is 7.17. The monoisotopic (exact) mass is 302 g/mol. The van der Waals surface area contributed by atoms with Gasteiger partial charge >= 0.3 is 0 Å². The smallest absolute Gasteiger partial charge is 0.0462 e. The van der Waals surface area contributed by atoms with E-state index in [2.05, 4.69) is 40.4 Å². The second-order valence-corrected chi connectivity index (χ2v) is 5.92. The highest BCUT2D eigenvalue weighted by Crippen LogP contribution is 2.18. The highest BCUT2D eigenvalue weighted by atomic mass is 79.9. The van der Waals surface area contributed by atoms with Crippen LogP contribution in [-0.2, 0) is 6.42 Å². The van der Waals surface area contributed by atoms with Gasteiger partial charge in [-0.1, -0.05) is 28.1 Å². The molecule has 0 amide bonds. The standard InChI is InChI=1S/C13H19BrOS/c1-16-7-3-5-12(10-15)8-11-4-2-6-13(14)9-11/h2,4,6,9,12,15H,3,5,7-8,10H2,1H3. The summed E-state index contributed by atoms with van der Waals surface area (Å²) in [6.07, 6.45) is 5.41. The number of halogens is 1. The third kappa shape index (κ3) is 5.37. The van der Waals surface area contributed by atoms with Crippen LogP contribution in [0.4, 0.5) is 0 Å².